The molecule has 0 atom stereocenters. The minimum absolute atomic E-state index is 0.399. The second-order valence-corrected chi connectivity index (χ2v) is 4.34. The molecule has 0 radical (unpaired) electrons. The molecule has 0 saturated heterocycles. The van der Waals surface area contributed by atoms with Crippen molar-refractivity contribution in [3.8, 4) is 5.75 Å². The first-order valence-electron chi connectivity index (χ1n) is 5.67. The molecule has 0 amide bonds. The van der Waals surface area contributed by atoms with Crippen LogP contribution in [0.4, 0.5) is 0 Å². The fourth-order valence-electron chi connectivity index (χ4n) is 1.62. The summed E-state index contributed by atoms with van der Waals surface area (Å²) in [5.74, 6) is 1.80. The van der Waals surface area contributed by atoms with Crippen molar-refractivity contribution in [1.29, 1.82) is 0 Å². The molecule has 1 aromatic carbocycles. The fourth-order valence-corrected chi connectivity index (χ4v) is 1.75. The highest BCUT2D eigenvalue weighted by molar-refractivity contribution is 7.80. The molecule has 5 heteroatoms. The zero-order chi connectivity index (χ0) is 13.0. The molecular weight excluding hydrogens is 246 g/mol. The van der Waals surface area contributed by atoms with Gasteiger partial charge in [0.25, 0.3) is 0 Å². The quantitative estimate of drug-likeness (QED) is 0.835. The maximum absolute atomic E-state index is 5.64. The normalized spacial score (nSPS) is 10.3. The summed E-state index contributed by atoms with van der Waals surface area (Å²) in [6.45, 7) is 3.35. The summed E-state index contributed by atoms with van der Waals surface area (Å²) < 4.78 is 7.68. The maximum atomic E-state index is 5.64. The summed E-state index contributed by atoms with van der Waals surface area (Å²) in [4.78, 5) is 4.55. The molecule has 1 aromatic heterocycles. The Kier molecular flexibility index (Phi) is 3.94. The molecule has 4 nitrogen and oxygen atoms in total. The number of nitrogens with zero attached hydrogens (tertiary/aromatic N) is 2. The second-order valence-electron chi connectivity index (χ2n) is 3.90. The molecule has 0 bridgehead atoms. The third kappa shape index (κ3) is 3.07. The lowest BCUT2D eigenvalue weighted by Gasteiger charge is -2.08. The minimum Gasteiger partial charge on any atom is -0.492 e. The van der Waals surface area contributed by atoms with Crippen LogP contribution in [0.25, 0.3) is 0 Å². The van der Waals surface area contributed by atoms with Gasteiger partial charge < -0.3 is 15.0 Å². The van der Waals surface area contributed by atoms with Crippen LogP contribution in [0.15, 0.2) is 36.7 Å². The van der Waals surface area contributed by atoms with E-state index in [1.807, 2.05) is 42.0 Å². The van der Waals surface area contributed by atoms with Crippen LogP contribution in [0, 0.1) is 6.92 Å². The lowest BCUT2D eigenvalue weighted by Crippen LogP contribution is -2.10. The van der Waals surface area contributed by atoms with Gasteiger partial charge in [0, 0.05) is 18.0 Å². The average Bonchev–Trinajstić information content (AvgIpc) is 2.76. The molecule has 0 aliphatic heterocycles. The van der Waals surface area contributed by atoms with Gasteiger partial charge in [-0.1, -0.05) is 12.2 Å². The first-order chi connectivity index (χ1) is 8.66. The summed E-state index contributed by atoms with van der Waals surface area (Å²) in [5, 5.41) is 0. The van der Waals surface area contributed by atoms with Crippen LogP contribution in [0.5, 0.6) is 5.75 Å². The average molecular weight is 261 g/mol. The van der Waals surface area contributed by atoms with E-state index in [1.54, 1.807) is 6.20 Å². The van der Waals surface area contributed by atoms with Crippen molar-refractivity contribution in [3.63, 3.8) is 0 Å². The Morgan fingerprint density at radius 2 is 2.11 bits per heavy atom. The molecule has 0 aliphatic rings. The molecule has 0 unspecified atom stereocenters. The van der Waals surface area contributed by atoms with Crippen molar-refractivity contribution in [2.24, 2.45) is 5.73 Å². The molecule has 0 fully saturated rings. The molecular formula is C13H15N3OS. The molecule has 2 N–H and O–H groups in total. The predicted octanol–water partition coefficient (Wildman–Crippen LogP) is 1.90. The van der Waals surface area contributed by atoms with Crippen molar-refractivity contribution in [3.05, 3.63) is 48.0 Å². The van der Waals surface area contributed by atoms with Crippen molar-refractivity contribution >= 4 is 17.2 Å². The van der Waals surface area contributed by atoms with E-state index in [4.69, 9.17) is 22.7 Å². The Labute approximate surface area is 111 Å². The van der Waals surface area contributed by atoms with Crippen molar-refractivity contribution in [1.82, 2.24) is 9.55 Å². The largest absolute Gasteiger partial charge is 0.492 e. The fraction of sp³-hybridized carbons (Fsp3) is 0.231. The van der Waals surface area contributed by atoms with Gasteiger partial charge >= 0.3 is 0 Å². The molecule has 0 saturated carbocycles. The number of imidazole rings is 1. The first kappa shape index (κ1) is 12.6. The van der Waals surface area contributed by atoms with E-state index in [1.165, 1.54) is 0 Å². The second kappa shape index (κ2) is 5.64. The van der Waals surface area contributed by atoms with Gasteiger partial charge in [0.05, 0.1) is 6.54 Å². The van der Waals surface area contributed by atoms with Gasteiger partial charge in [-0.05, 0) is 31.2 Å². The van der Waals surface area contributed by atoms with E-state index in [9.17, 15) is 0 Å². The zero-order valence-electron chi connectivity index (χ0n) is 10.2. The van der Waals surface area contributed by atoms with Crippen molar-refractivity contribution < 1.29 is 4.74 Å². The van der Waals surface area contributed by atoms with Gasteiger partial charge in [-0.3, -0.25) is 0 Å². The van der Waals surface area contributed by atoms with Crippen LogP contribution < -0.4 is 10.5 Å². The van der Waals surface area contributed by atoms with Crippen LogP contribution in [0.3, 0.4) is 0 Å². The number of hydrogen-bond acceptors (Lipinski definition) is 3. The van der Waals surface area contributed by atoms with Crippen molar-refractivity contribution in [2.45, 2.75) is 13.5 Å². The third-order valence-electron chi connectivity index (χ3n) is 2.66. The van der Waals surface area contributed by atoms with Gasteiger partial charge in [-0.15, -0.1) is 0 Å². The van der Waals surface area contributed by atoms with Crippen LogP contribution in [0.2, 0.25) is 0 Å². The van der Waals surface area contributed by atoms with Gasteiger partial charge in [-0.25, -0.2) is 4.98 Å². The number of nitrogens with two attached hydrogens (primary N) is 1. The molecule has 0 aliphatic carbocycles. The predicted molar refractivity (Wildman–Crippen MR) is 74.8 cm³/mol. The Bertz CT molecular complexity index is 533. The number of aromatic nitrogens is 2. The number of hydrogen-bond donors (Lipinski definition) is 1. The Hall–Kier alpha value is -1.88. The smallest absolute Gasteiger partial charge is 0.119 e. The minimum atomic E-state index is 0.399. The lowest BCUT2D eigenvalue weighted by atomic mass is 10.2. The summed E-state index contributed by atoms with van der Waals surface area (Å²) in [6.07, 6.45) is 3.72. The van der Waals surface area contributed by atoms with Crippen LogP contribution in [-0.2, 0) is 6.54 Å². The highest BCUT2D eigenvalue weighted by atomic mass is 32.1. The highest BCUT2D eigenvalue weighted by Gasteiger charge is 1.99. The monoisotopic (exact) mass is 261 g/mol. The number of thiocarbonyl (C=S) groups is 1. The topological polar surface area (TPSA) is 53.1 Å². The maximum Gasteiger partial charge on any atom is 0.119 e. The van der Waals surface area contributed by atoms with Gasteiger partial charge in [0.15, 0.2) is 0 Å². The van der Waals surface area contributed by atoms with Gasteiger partial charge in [-0.2, -0.15) is 0 Å². The molecule has 94 valence electrons. The summed E-state index contributed by atoms with van der Waals surface area (Å²) in [6, 6.07) is 7.46. The summed E-state index contributed by atoms with van der Waals surface area (Å²) >= 11 is 4.89. The molecule has 2 rings (SSSR count). The summed E-state index contributed by atoms with van der Waals surface area (Å²) in [7, 11) is 0. The number of benzene rings is 1. The highest BCUT2D eigenvalue weighted by Crippen LogP contribution is 2.12. The van der Waals surface area contributed by atoms with E-state index in [-0.39, 0.29) is 0 Å². The lowest BCUT2D eigenvalue weighted by molar-refractivity contribution is 0.297. The Morgan fingerprint density at radius 1 is 1.39 bits per heavy atom. The zero-order valence-corrected chi connectivity index (χ0v) is 11.0. The van der Waals surface area contributed by atoms with E-state index >= 15 is 0 Å². The number of ether oxygens (including phenoxy) is 1. The molecule has 18 heavy (non-hydrogen) atoms. The molecule has 0 spiro atoms. The Morgan fingerprint density at radius 3 is 2.67 bits per heavy atom. The SMILES string of the molecule is Cc1nccn1CCOc1ccc(C(N)=S)cc1. The third-order valence-corrected chi connectivity index (χ3v) is 2.90. The van der Waals surface area contributed by atoms with E-state index in [0.717, 1.165) is 23.7 Å². The summed E-state index contributed by atoms with van der Waals surface area (Å²) in [5.41, 5.74) is 6.37. The number of rotatable bonds is 5. The van der Waals surface area contributed by atoms with Crippen molar-refractivity contribution in [2.75, 3.05) is 6.61 Å². The van der Waals surface area contributed by atoms with Gasteiger partial charge in [0.1, 0.15) is 23.2 Å². The Balaban J connectivity index is 1.87. The first-order valence-corrected chi connectivity index (χ1v) is 6.08. The van der Waals surface area contributed by atoms with E-state index in [2.05, 4.69) is 4.98 Å². The molecule has 1 heterocycles. The number of aryl methyl sites for hydroxylation is 1. The van der Waals surface area contributed by atoms with Crippen LogP contribution in [0.1, 0.15) is 11.4 Å². The van der Waals surface area contributed by atoms with E-state index < -0.39 is 0 Å². The standard InChI is InChI=1S/C13H15N3OS/c1-10-15-6-7-16(10)8-9-17-12-4-2-11(3-5-12)13(14)18/h2-7H,8-9H2,1H3,(H2,14,18). The van der Waals surface area contributed by atoms with Crippen LogP contribution in [-0.4, -0.2) is 21.1 Å². The van der Waals surface area contributed by atoms with Crippen LogP contribution >= 0.6 is 12.2 Å². The van der Waals surface area contributed by atoms with Gasteiger partial charge in [0.2, 0.25) is 0 Å². The van der Waals surface area contributed by atoms with E-state index in [0.29, 0.717) is 11.6 Å². The molecule has 2 aromatic rings.